The number of halogens is 2. The summed E-state index contributed by atoms with van der Waals surface area (Å²) in [5, 5.41) is 4.64. The predicted molar refractivity (Wildman–Crippen MR) is 113 cm³/mol. The topological polar surface area (TPSA) is 43.4 Å². The van der Waals surface area contributed by atoms with Gasteiger partial charge in [-0.3, -0.25) is 0 Å². The zero-order valence-corrected chi connectivity index (χ0v) is 16.9. The van der Waals surface area contributed by atoms with Crippen molar-refractivity contribution in [2.45, 2.75) is 19.6 Å². The van der Waals surface area contributed by atoms with E-state index in [9.17, 15) is 0 Å². The zero-order valence-electron chi connectivity index (χ0n) is 15.4. The first-order valence-corrected chi connectivity index (χ1v) is 9.87. The van der Waals surface area contributed by atoms with Gasteiger partial charge in [0, 0.05) is 40.0 Å². The minimum Gasteiger partial charge on any atom is -0.489 e. The van der Waals surface area contributed by atoms with E-state index in [0.29, 0.717) is 35.7 Å². The molecule has 4 nitrogen and oxygen atoms in total. The van der Waals surface area contributed by atoms with Crippen LogP contribution in [0.2, 0.25) is 10.0 Å². The van der Waals surface area contributed by atoms with Crippen LogP contribution in [0.3, 0.4) is 0 Å². The van der Waals surface area contributed by atoms with E-state index in [4.69, 9.17) is 32.7 Å². The molecule has 0 spiro atoms. The van der Waals surface area contributed by atoms with Gasteiger partial charge in [-0.15, -0.1) is 0 Å². The Hall–Kier alpha value is -2.27. The molecule has 0 saturated carbocycles. The minimum absolute atomic E-state index is 0.394. The average molecular weight is 417 g/mol. The van der Waals surface area contributed by atoms with Gasteiger partial charge < -0.3 is 14.8 Å². The number of nitrogens with one attached hydrogen (secondary N) is 1. The molecule has 0 radical (unpaired) electrons. The van der Waals surface area contributed by atoms with E-state index in [2.05, 4.69) is 16.4 Å². The maximum Gasteiger partial charge on any atom is 0.213 e. The molecule has 3 rings (SSSR count). The molecular weight excluding hydrogens is 395 g/mol. The van der Waals surface area contributed by atoms with Gasteiger partial charge in [0.2, 0.25) is 5.88 Å². The summed E-state index contributed by atoms with van der Waals surface area (Å²) < 4.78 is 11.6. The molecule has 0 atom stereocenters. The van der Waals surface area contributed by atoms with E-state index >= 15 is 0 Å². The summed E-state index contributed by atoms with van der Waals surface area (Å²) in [5.41, 5.74) is 2.00. The summed E-state index contributed by atoms with van der Waals surface area (Å²) in [5.74, 6) is 1.49. The second kappa shape index (κ2) is 10.9. The summed E-state index contributed by atoms with van der Waals surface area (Å²) >= 11 is 12.2. The highest BCUT2D eigenvalue weighted by Gasteiger charge is 2.06. The van der Waals surface area contributed by atoms with Gasteiger partial charge in [0.1, 0.15) is 12.4 Å². The molecule has 0 saturated heterocycles. The molecule has 0 aliphatic carbocycles. The lowest BCUT2D eigenvalue weighted by Crippen LogP contribution is -2.17. The van der Waals surface area contributed by atoms with E-state index in [1.807, 2.05) is 48.5 Å². The fourth-order valence-corrected chi connectivity index (χ4v) is 3.08. The Morgan fingerprint density at radius 3 is 2.57 bits per heavy atom. The number of benzene rings is 2. The van der Waals surface area contributed by atoms with Crippen LogP contribution in [-0.2, 0) is 13.2 Å². The second-order valence-corrected chi connectivity index (χ2v) is 7.02. The minimum atomic E-state index is 0.394. The number of aromatic nitrogens is 1. The Kier molecular flexibility index (Phi) is 7.97. The zero-order chi connectivity index (χ0) is 19.6. The van der Waals surface area contributed by atoms with Crippen LogP contribution in [0, 0.1) is 0 Å². The molecule has 146 valence electrons. The molecule has 0 amide bonds. The van der Waals surface area contributed by atoms with Crippen molar-refractivity contribution in [2.24, 2.45) is 0 Å². The smallest absolute Gasteiger partial charge is 0.213 e. The third-order valence-electron chi connectivity index (χ3n) is 4.07. The number of hydrogen-bond donors (Lipinski definition) is 1. The highest BCUT2D eigenvalue weighted by atomic mass is 35.5. The van der Waals surface area contributed by atoms with Crippen LogP contribution < -0.4 is 14.8 Å². The normalized spacial score (nSPS) is 10.6. The van der Waals surface area contributed by atoms with Gasteiger partial charge in [-0.1, -0.05) is 53.5 Å². The summed E-state index contributed by atoms with van der Waals surface area (Å²) in [6.07, 6.45) is 2.61. The number of ether oxygens (including phenoxy) is 2. The molecule has 0 fully saturated rings. The van der Waals surface area contributed by atoms with Gasteiger partial charge in [-0.25, -0.2) is 4.98 Å². The number of para-hydroxylation sites is 1. The molecule has 6 heteroatoms. The Morgan fingerprint density at radius 2 is 1.75 bits per heavy atom. The number of pyridine rings is 1. The molecule has 2 aromatic carbocycles. The highest BCUT2D eigenvalue weighted by molar-refractivity contribution is 6.35. The number of rotatable bonds is 10. The average Bonchev–Trinajstić information content (AvgIpc) is 2.71. The van der Waals surface area contributed by atoms with E-state index in [1.165, 1.54) is 0 Å². The van der Waals surface area contributed by atoms with Crippen molar-refractivity contribution >= 4 is 23.2 Å². The van der Waals surface area contributed by atoms with Gasteiger partial charge in [-0.2, -0.15) is 0 Å². The third kappa shape index (κ3) is 6.41. The van der Waals surface area contributed by atoms with Gasteiger partial charge in [-0.05, 0) is 37.2 Å². The van der Waals surface area contributed by atoms with Gasteiger partial charge in [0.05, 0.1) is 6.61 Å². The van der Waals surface area contributed by atoms with E-state index in [1.54, 1.807) is 12.3 Å². The highest BCUT2D eigenvalue weighted by Crippen LogP contribution is 2.24. The Bertz CT molecular complexity index is 875. The van der Waals surface area contributed by atoms with Gasteiger partial charge >= 0.3 is 0 Å². The molecule has 0 unspecified atom stereocenters. The van der Waals surface area contributed by atoms with Crippen molar-refractivity contribution in [1.29, 1.82) is 0 Å². The lowest BCUT2D eigenvalue weighted by molar-refractivity contribution is 0.294. The Labute approximate surface area is 175 Å². The Balaban J connectivity index is 1.43. The fourth-order valence-electron chi connectivity index (χ4n) is 2.61. The summed E-state index contributed by atoms with van der Waals surface area (Å²) in [7, 11) is 0. The monoisotopic (exact) mass is 416 g/mol. The maximum absolute atomic E-state index is 6.22. The third-order valence-corrected chi connectivity index (χ3v) is 4.66. The molecule has 0 aliphatic heterocycles. The molecule has 0 aliphatic rings. The largest absolute Gasteiger partial charge is 0.489 e. The van der Waals surface area contributed by atoms with Crippen molar-refractivity contribution in [2.75, 3.05) is 13.2 Å². The van der Waals surface area contributed by atoms with Crippen LogP contribution >= 0.6 is 23.2 Å². The molecule has 3 aromatic rings. The number of nitrogens with zero attached hydrogens (tertiary/aromatic N) is 1. The first-order valence-electron chi connectivity index (χ1n) is 9.11. The summed E-state index contributed by atoms with van der Waals surface area (Å²) in [4.78, 5) is 4.14. The van der Waals surface area contributed by atoms with Crippen LogP contribution in [0.15, 0.2) is 66.9 Å². The van der Waals surface area contributed by atoms with Gasteiger partial charge in [0.25, 0.3) is 0 Å². The number of hydrogen-bond acceptors (Lipinski definition) is 4. The molecule has 1 heterocycles. The van der Waals surface area contributed by atoms with E-state index in [-0.39, 0.29) is 0 Å². The molecule has 1 aromatic heterocycles. The van der Waals surface area contributed by atoms with Crippen molar-refractivity contribution in [3.8, 4) is 11.6 Å². The van der Waals surface area contributed by atoms with Crippen molar-refractivity contribution < 1.29 is 9.47 Å². The SMILES string of the molecule is Clc1ccc(COc2ccccc2CNCCCOc2ccccn2)c(Cl)c1. The standard InChI is InChI=1S/C22H22Cl2N2O2/c23-19-10-9-18(20(24)14-19)16-28-21-7-2-1-6-17(21)15-25-11-5-13-27-22-8-3-4-12-26-22/h1-4,6-10,12,14,25H,5,11,13,15-16H2. The van der Waals surface area contributed by atoms with Crippen LogP contribution in [0.25, 0.3) is 0 Å². The van der Waals surface area contributed by atoms with Crippen LogP contribution in [-0.4, -0.2) is 18.1 Å². The lowest BCUT2D eigenvalue weighted by atomic mass is 10.2. The summed E-state index contributed by atoms with van der Waals surface area (Å²) in [6, 6.07) is 19.0. The quantitative estimate of drug-likeness (QED) is 0.441. The van der Waals surface area contributed by atoms with Crippen molar-refractivity contribution in [3.63, 3.8) is 0 Å². The molecule has 28 heavy (non-hydrogen) atoms. The van der Waals surface area contributed by atoms with E-state index in [0.717, 1.165) is 29.8 Å². The first kappa shape index (κ1) is 20.5. The van der Waals surface area contributed by atoms with Crippen molar-refractivity contribution in [1.82, 2.24) is 10.3 Å². The summed E-state index contributed by atoms with van der Waals surface area (Å²) in [6.45, 7) is 2.57. The van der Waals surface area contributed by atoms with Crippen molar-refractivity contribution in [3.05, 3.63) is 88.0 Å². The van der Waals surface area contributed by atoms with Crippen LogP contribution in [0.1, 0.15) is 17.5 Å². The molecule has 0 bridgehead atoms. The van der Waals surface area contributed by atoms with E-state index < -0.39 is 0 Å². The Morgan fingerprint density at radius 1 is 0.893 bits per heavy atom. The predicted octanol–water partition coefficient (Wildman–Crippen LogP) is 5.53. The van der Waals surface area contributed by atoms with Crippen LogP contribution in [0.4, 0.5) is 0 Å². The maximum atomic E-state index is 6.22. The molecular formula is C22H22Cl2N2O2. The lowest BCUT2D eigenvalue weighted by Gasteiger charge is -2.13. The van der Waals surface area contributed by atoms with Crippen LogP contribution in [0.5, 0.6) is 11.6 Å². The first-order chi connectivity index (χ1) is 13.7. The molecule has 1 N–H and O–H groups in total. The fraction of sp³-hybridized carbons (Fsp3) is 0.227. The van der Waals surface area contributed by atoms with Gasteiger partial charge in [0.15, 0.2) is 0 Å². The second-order valence-electron chi connectivity index (χ2n) is 6.18.